The van der Waals surface area contributed by atoms with Crippen molar-refractivity contribution in [1.29, 1.82) is 0 Å². The molecule has 0 unspecified atom stereocenters. The highest BCUT2D eigenvalue weighted by Crippen LogP contribution is 2.43. The predicted molar refractivity (Wildman–Crippen MR) is 97.8 cm³/mol. The quantitative estimate of drug-likeness (QED) is 0.506. The molecule has 1 fully saturated rings. The maximum absolute atomic E-state index is 4.49. The van der Waals surface area contributed by atoms with Gasteiger partial charge in [-0.25, -0.2) is 9.97 Å². The second kappa shape index (κ2) is 5.89. The molecular weight excluding hydrogens is 352 g/mol. The maximum Gasteiger partial charge on any atom is 0.198 e. The third-order valence-corrected chi connectivity index (χ3v) is 6.06. The van der Waals surface area contributed by atoms with Crippen LogP contribution in [-0.4, -0.2) is 29.7 Å². The molecule has 25 heavy (non-hydrogen) atoms. The van der Waals surface area contributed by atoms with E-state index < -0.39 is 0 Å². The summed E-state index contributed by atoms with van der Waals surface area (Å²) in [6, 6.07) is 6.57. The molecule has 1 saturated carbocycles. The Labute approximate surface area is 152 Å². The highest BCUT2D eigenvalue weighted by molar-refractivity contribution is 7.99. The van der Waals surface area contributed by atoms with Gasteiger partial charge >= 0.3 is 0 Å². The number of hydrogen-bond donors (Lipinski definition) is 0. The van der Waals surface area contributed by atoms with Crippen molar-refractivity contribution in [3.8, 4) is 11.4 Å². The first-order chi connectivity index (χ1) is 12.3. The summed E-state index contributed by atoms with van der Waals surface area (Å²) in [7, 11) is 0. The normalized spacial score (nSPS) is 14.3. The molecule has 0 atom stereocenters. The standard InChI is InChI=1S/C17H14N6S2/c1-10-8-13-15(24-10)19-9-20-16(13)25-17-22-21-14(23(17)12-2-3-12)11-4-6-18-7-5-11/h4-9,12H,2-3H2,1H3. The largest absolute Gasteiger partial charge is 0.299 e. The van der Waals surface area contributed by atoms with E-state index in [1.54, 1.807) is 41.8 Å². The van der Waals surface area contributed by atoms with Crippen LogP contribution in [0.4, 0.5) is 0 Å². The molecular formula is C17H14N6S2. The fourth-order valence-corrected chi connectivity index (χ4v) is 4.69. The van der Waals surface area contributed by atoms with Crippen LogP contribution in [0.5, 0.6) is 0 Å². The third kappa shape index (κ3) is 2.71. The summed E-state index contributed by atoms with van der Waals surface area (Å²) in [5.74, 6) is 0.902. The smallest absolute Gasteiger partial charge is 0.198 e. The van der Waals surface area contributed by atoms with Crippen LogP contribution in [-0.2, 0) is 0 Å². The zero-order valence-electron chi connectivity index (χ0n) is 13.5. The summed E-state index contributed by atoms with van der Waals surface area (Å²) in [5, 5.41) is 11.8. The van der Waals surface area contributed by atoms with Crippen molar-refractivity contribution in [3.05, 3.63) is 41.8 Å². The van der Waals surface area contributed by atoms with Gasteiger partial charge in [0.2, 0.25) is 0 Å². The maximum atomic E-state index is 4.49. The van der Waals surface area contributed by atoms with E-state index in [1.165, 1.54) is 17.7 Å². The number of hydrogen-bond acceptors (Lipinski definition) is 7. The van der Waals surface area contributed by atoms with E-state index in [0.717, 1.165) is 31.8 Å². The van der Waals surface area contributed by atoms with Crippen molar-refractivity contribution < 1.29 is 0 Å². The van der Waals surface area contributed by atoms with Crippen molar-refractivity contribution in [2.75, 3.05) is 0 Å². The molecule has 0 saturated heterocycles. The molecule has 0 spiro atoms. The monoisotopic (exact) mass is 366 g/mol. The minimum Gasteiger partial charge on any atom is -0.299 e. The summed E-state index contributed by atoms with van der Waals surface area (Å²) in [5.41, 5.74) is 1.04. The number of thiophene rings is 1. The molecule has 0 aliphatic heterocycles. The van der Waals surface area contributed by atoms with Gasteiger partial charge in [-0.3, -0.25) is 9.55 Å². The minimum absolute atomic E-state index is 0.474. The topological polar surface area (TPSA) is 69.4 Å². The molecule has 124 valence electrons. The summed E-state index contributed by atoms with van der Waals surface area (Å²) >= 11 is 3.26. The van der Waals surface area contributed by atoms with E-state index in [0.29, 0.717) is 6.04 Å². The van der Waals surface area contributed by atoms with Crippen LogP contribution in [0.2, 0.25) is 0 Å². The van der Waals surface area contributed by atoms with E-state index in [2.05, 4.69) is 42.7 Å². The van der Waals surface area contributed by atoms with Crippen LogP contribution in [0.1, 0.15) is 23.8 Å². The molecule has 5 rings (SSSR count). The predicted octanol–water partition coefficient (Wildman–Crippen LogP) is 4.14. The molecule has 1 aliphatic carbocycles. The molecule has 4 aromatic rings. The molecule has 0 bridgehead atoms. The first-order valence-corrected chi connectivity index (χ1v) is 9.67. The van der Waals surface area contributed by atoms with Crippen LogP contribution in [0, 0.1) is 6.92 Å². The number of aryl methyl sites for hydroxylation is 1. The lowest BCUT2D eigenvalue weighted by atomic mass is 10.2. The molecule has 4 aromatic heterocycles. The zero-order chi connectivity index (χ0) is 16.8. The van der Waals surface area contributed by atoms with Gasteiger partial charge in [-0.2, -0.15) is 0 Å². The van der Waals surface area contributed by atoms with Gasteiger partial charge in [0.15, 0.2) is 11.0 Å². The Hall–Kier alpha value is -2.32. The fraction of sp³-hybridized carbons (Fsp3) is 0.235. The third-order valence-electron chi connectivity index (χ3n) is 4.12. The molecule has 4 heterocycles. The van der Waals surface area contributed by atoms with Gasteiger partial charge in [0.25, 0.3) is 0 Å². The second-order valence-electron chi connectivity index (χ2n) is 6.00. The number of aromatic nitrogens is 6. The number of pyridine rings is 1. The molecule has 0 aromatic carbocycles. The van der Waals surface area contributed by atoms with Crippen molar-refractivity contribution in [2.24, 2.45) is 0 Å². The lowest BCUT2D eigenvalue weighted by Gasteiger charge is -2.08. The Balaban J connectivity index is 1.59. The Bertz CT molecular complexity index is 1050. The SMILES string of the molecule is Cc1cc2c(Sc3nnc(-c4ccncc4)n3C3CC3)ncnc2s1. The molecule has 8 heteroatoms. The summed E-state index contributed by atoms with van der Waals surface area (Å²) in [6.45, 7) is 2.09. The number of fused-ring (bicyclic) bond motifs is 1. The van der Waals surface area contributed by atoms with Gasteiger partial charge in [-0.15, -0.1) is 21.5 Å². The van der Waals surface area contributed by atoms with Crippen LogP contribution in [0.3, 0.4) is 0 Å². The average molecular weight is 366 g/mol. The lowest BCUT2D eigenvalue weighted by Crippen LogP contribution is -2.00. The first-order valence-electron chi connectivity index (χ1n) is 8.04. The minimum atomic E-state index is 0.474. The van der Waals surface area contributed by atoms with Crippen LogP contribution < -0.4 is 0 Å². The van der Waals surface area contributed by atoms with Gasteiger partial charge in [0.05, 0.1) is 0 Å². The van der Waals surface area contributed by atoms with E-state index in [1.807, 2.05) is 12.1 Å². The van der Waals surface area contributed by atoms with E-state index in [4.69, 9.17) is 0 Å². The van der Waals surface area contributed by atoms with Gasteiger partial charge in [0, 0.05) is 34.3 Å². The fourth-order valence-electron chi connectivity index (χ4n) is 2.83. The van der Waals surface area contributed by atoms with Crippen molar-refractivity contribution in [1.82, 2.24) is 29.7 Å². The molecule has 0 amide bonds. The second-order valence-corrected chi connectivity index (χ2v) is 8.19. The van der Waals surface area contributed by atoms with Crippen molar-refractivity contribution in [2.45, 2.75) is 36.0 Å². The zero-order valence-corrected chi connectivity index (χ0v) is 15.1. The first kappa shape index (κ1) is 15.0. The van der Waals surface area contributed by atoms with Gasteiger partial charge in [-0.1, -0.05) is 0 Å². The van der Waals surface area contributed by atoms with Crippen molar-refractivity contribution >= 4 is 33.3 Å². The molecule has 1 aliphatic rings. The molecule has 0 radical (unpaired) electrons. The van der Waals surface area contributed by atoms with Crippen molar-refractivity contribution in [3.63, 3.8) is 0 Å². The highest BCUT2D eigenvalue weighted by Gasteiger charge is 2.30. The lowest BCUT2D eigenvalue weighted by molar-refractivity contribution is 0.669. The Morgan fingerprint density at radius 3 is 2.80 bits per heavy atom. The van der Waals surface area contributed by atoms with E-state index in [-0.39, 0.29) is 0 Å². The van der Waals surface area contributed by atoms with Crippen LogP contribution in [0.25, 0.3) is 21.6 Å². The average Bonchev–Trinajstić information content (AvgIpc) is 3.26. The number of rotatable bonds is 4. The Morgan fingerprint density at radius 2 is 2.00 bits per heavy atom. The van der Waals surface area contributed by atoms with Crippen LogP contribution >= 0.6 is 23.1 Å². The number of nitrogens with zero attached hydrogens (tertiary/aromatic N) is 6. The summed E-state index contributed by atoms with van der Waals surface area (Å²) < 4.78 is 2.24. The summed E-state index contributed by atoms with van der Waals surface area (Å²) in [4.78, 5) is 15.2. The van der Waals surface area contributed by atoms with Crippen LogP contribution in [0.15, 0.2) is 47.1 Å². The van der Waals surface area contributed by atoms with E-state index in [9.17, 15) is 0 Å². The summed E-state index contributed by atoms with van der Waals surface area (Å²) in [6.07, 6.45) is 7.54. The van der Waals surface area contributed by atoms with E-state index >= 15 is 0 Å². The van der Waals surface area contributed by atoms with Gasteiger partial charge in [0.1, 0.15) is 16.2 Å². The molecule has 6 nitrogen and oxygen atoms in total. The van der Waals surface area contributed by atoms with Gasteiger partial charge < -0.3 is 0 Å². The Morgan fingerprint density at radius 1 is 1.16 bits per heavy atom. The highest BCUT2D eigenvalue weighted by atomic mass is 32.2. The molecule has 0 N–H and O–H groups in total. The van der Waals surface area contributed by atoms with Gasteiger partial charge in [-0.05, 0) is 49.7 Å². The Kier molecular flexibility index (Phi) is 3.53.